The van der Waals surface area contributed by atoms with E-state index >= 15 is 0 Å². The molecule has 0 aromatic carbocycles. The molecular weight excluding hydrogens is 372 g/mol. The molecule has 2 aliphatic heterocycles. The van der Waals surface area contributed by atoms with Gasteiger partial charge in [0.15, 0.2) is 5.82 Å². The molecule has 0 aliphatic carbocycles. The number of amides is 1. The van der Waals surface area contributed by atoms with E-state index in [9.17, 15) is 4.79 Å². The van der Waals surface area contributed by atoms with E-state index in [0.717, 1.165) is 70.3 Å². The minimum absolute atomic E-state index is 0.104. The van der Waals surface area contributed by atoms with Gasteiger partial charge in [-0.15, -0.1) is 5.10 Å². The zero-order chi connectivity index (χ0) is 20.1. The van der Waals surface area contributed by atoms with Crippen LogP contribution in [0.5, 0.6) is 0 Å². The number of imidazole rings is 1. The van der Waals surface area contributed by atoms with Crippen molar-refractivity contribution < 1.29 is 9.53 Å². The highest BCUT2D eigenvalue weighted by Gasteiger charge is 2.27. The molecule has 2 fully saturated rings. The zero-order valence-electron chi connectivity index (χ0n) is 17.1. The van der Waals surface area contributed by atoms with Crippen LogP contribution in [-0.4, -0.2) is 84.4 Å². The van der Waals surface area contributed by atoms with Crippen LogP contribution in [0.4, 0.5) is 0 Å². The first-order valence-electron chi connectivity index (χ1n) is 10.5. The molecule has 10 heteroatoms. The second kappa shape index (κ2) is 9.45. The smallest absolute Gasteiger partial charge is 0.244 e. The number of morpholine rings is 1. The molecule has 2 aliphatic rings. The Morgan fingerprint density at radius 1 is 1.24 bits per heavy atom. The van der Waals surface area contributed by atoms with E-state index < -0.39 is 0 Å². The Morgan fingerprint density at radius 3 is 2.90 bits per heavy atom. The van der Waals surface area contributed by atoms with Gasteiger partial charge >= 0.3 is 0 Å². The van der Waals surface area contributed by atoms with Crippen LogP contribution in [0.15, 0.2) is 12.4 Å². The van der Waals surface area contributed by atoms with Crippen molar-refractivity contribution in [1.29, 1.82) is 0 Å². The molecule has 4 rings (SSSR count). The second-order valence-electron chi connectivity index (χ2n) is 7.83. The van der Waals surface area contributed by atoms with Crippen molar-refractivity contribution in [3.05, 3.63) is 24.0 Å². The summed E-state index contributed by atoms with van der Waals surface area (Å²) in [6.07, 6.45) is 8.05. The number of aryl methyl sites for hydroxylation is 2. The van der Waals surface area contributed by atoms with E-state index in [-0.39, 0.29) is 18.5 Å². The van der Waals surface area contributed by atoms with Crippen molar-refractivity contribution in [3.63, 3.8) is 0 Å². The first-order chi connectivity index (χ1) is 14.2. The molecule has 0 radical (unpaired) electrons. The number of carbonyl (C=O) groups excluding carboxylic acids is 1. The average molecular weight is 403 g/mol. The van der Waals surface area contributed by atoms with E-state index in [1.54, 1.807) is 4.68 Å². The van der Waals surface area contributed by atoms with Gasteiger partial charge in [-0.1, -0.05) is 0 Å². The lowest BCUT2D eigenvalue weighted by Crippen LogP contribution is -2.46. The molecule has 29 heavy (non-hydrogen) atoms. The van der Waals surface area contributed by atoms with Crippen molar-refractivity contribution >= 4 is 5.91 Å². The van der Waals surface area contributed by atoms with Gasteiger partial charge in [0.25, 0.3) is 0 Å². The van der Waals surface area contributed by atoms with Gasteiger partial charge < -0.3 is 14.2 Å². The lowest BCUT2D eigenvalue weighted by atomic mass is 9.99. The van der Waals surface area contributed by atoms with Gasteiger partial charge in [0.1, 0.15) is 12.4 Å². The van der Waals surface area contributed by atoms with Crippen molar-refractivity contribution in [2.24, 2.45) is 0 Å². The summed E-state index contributed by atoms with van der Waals surface area (Å²) in [5, 5.41) is 12.0. The van der Waals surface area contributed by atoms with E-state index in [4.69, 9.17) is 4.74 Å². The molecular formula is C19H30N8O2. The number of ether oxygens (including phenoxy) is 1. The monoisotopic (exact) mass is 402 g/mol. The first-order valence-corrected chi connectivity index (χ1v) is 10.5. The fourth-order valence-corrected chi connectivity index (χ4v) is 4.19. The Bertz CT molecular complexity index is 798. The Hall–Kier alpha value is -2.33. The van der Waals surface area contributed by atoms with Crippen molar-refractivity contribution in [2.45, 2.75) is 58.3 Å². The molecule has 0 unspecified atom stereocenters. The van der Waals surface area contributed by atoms with Crippen LogP contribution >= 0.6 is 0 Å². The largest absolute Gasteiger partial charge is 0.379 e. The number of aromatic nitrogens is 6. The van der Waals surface area contributed by atoms with Crippen molar-refractivity contribution in [1.82, 2.24) is 39.6 Å². The standard InChI is InChI=1S/C19H30N8O2/c1-16-20-6-9-25(16)8-5-17-4-2-3-7-26(17)19(28)15-27-18(21-22-23-27)14-24-10-12-29-13-11-24/h6,9,17H,2-5,7-8,10-15H2,1H3/t17-/m1/s1. The summed E-state index contributed by atoms with van der Waals surface area (Å²) in [5.41, 5.74) is 0. The van der Waals surface area contributed by atoms with Crippen LogP contribution in [0, 0.1) is 6.92 Å². The second-order valence-corrected chi connectivity index (χ2v) is 7.83. The fraction of sp³-hybridized carbons (Fsp3) is 0.737. The Kier molecular flexibility index (Phi) is 6.50. The summed E-state index contributed by atoms with van der Waals surface area (Å²) in [4.78, 5) is 21.7. The average Bonchev–Trinajstić information content (AvgIpc) is 3.36. The summed E-state index contributed by atoms with van der Waals surface area (Å²) < 4.78 is 9.20. The molecule has 2 saturated heterocycles. The molecule has 158 valence electrons. The van der Waals surface area contributed by atoms with E-state index in [2.05, 4.69) is 30.0 Å². The third kappa shape index (κ3) is 4.99. The molecule has 1 amide bonds. The van der Waals surface area contributed by atoms with Crippen LogP contribution < -0.4 is 0 Å². The number of tetrazole rings is 1. The van der Waals surface area contributed by atoms with Gasteiger partial charge in [-0.25, -0.2) is 9.67 Å². The summed E-state index contributed by atoms with van der Waals surface area (Å²) in [6.45, 7) is 7.74. The molecule has 0 N–H and O–H groups in total. The topological polar surface area (TPSA) is 94.2 Å². The third-order valence-corrected chi connectivity index (χ3v) is 5.93. The number of rotatable bonds is 7. The molecule has 1 atom stereocenters. The fourth-order valence-electron chi connectivity index (χ4n) is 4.19. The predicted octanol–water partition coefficient (Wildman–Crippen LogP) is 0.482. The highest BCUT2D eigenvalue weighted by atomic mass is 16.5. The van der Waals surface area contributed by atoms with Crippen LogP contribution in [0.1, 0.15) is 37.3 Å². The molecule has 0 saturated carbocycles. The molecule has 0 bridgehead atoms. The van der Waals surface area contributed by atoms with Gasteiger partial charge in [-0.3, -0.25) is 9.69 Å². The Labute approximate surface area is 170 Å². The number of carbonyl (C=O) groups is 1. The third-order valence-electron chi connectivity index (χ3n) is 5.93. The van der Waals surface area contributed by atoms with Crippen molar-refractivity contribution in [3.8, 4) is 0 Å². The predicted molar refractivity (Wildman–Crippen MR) is 105 cm³/mol. The summed E-state index contributed by atoms with van der Waals surface area (Å²) in [5.74, 6) is 1.86. The van der Waals surface area contributed by atoms with Gasteiger partial charge in [0, 0.05) is 44.6 Å². The zero-order valence-corrected chi connectivity index (χ0v) is 17.1. The summed E-state index contributed by atoms with van der Waals surface area (Å²) >= 11 is 0. The first kappa shape index (κ1) is 20.0. The van der Waals surface area contributed by atoms with Gasteiger partial charge in [-0.05, 0) is 43.0 Å². The minimum Gasteiger partial charge on any atom is -0.379 e. The Morgan fingerprint density at radius 2 is 2.10 bits per heavy atom. The van der Waals surface area contributed by atoms with Gasteiger partial charge in [0.2, 0.25) is 5.91 Å². The van der Waals surface area contributed by atoms with Crippen LogP contribution in [0.25, 0.3) is 0 Å². The van der Waals surface area contributed by atoms with Gasteiger partial charge in [0.05, 0.1) is 19.8 Å². The van der Waals surface area contributed by atoms with Crippen LogP contribution in [-0.2, 0) is 29.2 Å². The number of hydrogen-bond acceptors (Lipinski definition) is 7. The maximum Gasteiger partial charge on any atom is 0.244 e. The maximum absolute atomic E-state index is 13.1. The number of likely N-dealkylation sites (tertiary alicyclic amines) is 1. The number of piperidine rings is 1. The minimum atomic E-state index is 0.104. The number of hydrogen-bond donors (Lipinski definition) is 0. The maximum atomic E-state index is 13.1. The van der Waals surface area contributed by atoms with Crippen molar-refractivity contribution in [2.75, 3.05) is 32.8 Å². The number of nitrogens with zero attached hydrogens (tertiary/aromatic N) is 8. The van der Waals surface area contributed by atoms with E-state index in [1.165, 1.54) is 6.42 Å². The lowest BCUT2D eigenvalue weighted by molar-refractivity contribution is -0.136. The normalized spacial score (nSPS) is 20.9. The highest BCUT2D eigenvalue weighted by molar-refractivity contribution is 5.76. The van der Waals surface area contributed by atoms with Gasteiger partial charge in [-0.2, -0.15) is 0 Å². The molecule has 10 nitrogen and oxygen atoms in total. The summed E-state index contributed by atoms with van der Waals surface area (Å²) in [7, 11) is 0. The quantitative estimate of drug-likeness (QED) is 0.665. The molecule has 0 spiro atoms. The SMILES string of the molecule is Cc1nccn1CC[C@H]1CCCCN1C(=O)Cn1nnnc1CN1CCOCC1. The molecule has 4 heterocycles. The Balaban J connectivity index is 1.36. The van der Waals surface area contributed by atoms with E-state index in [1.807, 2.05) is 24.2 Å². The van der Waals surface area contributed by atoms with E-state index in [0.29, 0.717) is 6.54 Å². The molecule has 2 aromatic rings. The lowest BCUT2D eigenvalue weighted by Gasteiger charge is -2.36. The summed E-state index contributed by atoms with van der Waals surface area (Å²) in [6, 6.07) is 0.261. The molecule has 2 aromatic heterocycles. The highest BCUT2D eigenvalue weighted by Crippen LogP contribution is 2.21. The van der Waals surface area contributed by atoms with Crippen LogP contribution in [0.3, 0.4) is 0 Å². The van der Waals surface area contributed by atoms with Crippen LogP contribution in [0.2, 0.25) is 0 Å².